The van der Waals surface area contributed by atoms with Crippen LogP contribution in [0.1, 0.15) is 57.8 Å². The topological polar surface area (TPSA) is 75.4 Å². The fourth-order valence-electron chi connectivity index (χ4n) is 3.68. The zero-order valence-electron chi connectivity index (χ0n) is 11.9. The fourth-order valence-corrected chi connectivity index (χ4v) is 3.68. The molecule has 0 heterocycles. The molecule has 4 heteroatoms. The van der Waals surface area contributed by atoms with Gasteiger partial charge in [0.2, 0.25) is 5.91 Å². The second kappa shape index (κ2) is 6.71. The van der Waals surface area contributed by atoms with Gasteiger partial charge in [-0.2, -0.15) is 0 Å². The predicted molar refractivity (Wildman–Crippen MR) is 75.5 cm³/mol. The highest BCUT2D eigenvalue weighted by molar-refractivity contribution is 5.77. The van der Waals surface area contributed by atoms with E-state index in [1.807, 2.05) is 0 Å². The van der Waals surface area contributed by atoms with Gasteiger partial charge in [0.1, 0.15) is 0 Å². The third kappa shape index (κ3) is 4.18. The van der Waals surface area contributed by atoms with Crippen LogP contribution in [0, 0.1) is 11.8 Å². The molecule has 1 amide bonds. The molecule has 0 saturated heterocycles. The van der Waals surface area contributed by atoms with Gasteiger partial charge in [0.15, 0.2) is 0 Å². The van der Waals surface area contributed by atoms with Crippen molar-refractivity contribution < 1.29 is 9.90 Å². The van der Waals surface area contributed by atoms with Crippen LogP contribution >= 0.6 is 0 Å². The van der Waals surface area contributed by atoms with Crippen LogP contribution < -0.4 is 11.1 Å². The molecule has 2 aliphatic rings. The Morgan fingerprint density at radius 1 is 1.16 bits per heavy atom. The van der Waals surface area contributed by atoms with Crippen molar-refractivity contribution in [2.75, 3.05) is 13.2 Å². The molecule has 0 aromatic heterocycles. The highest BCUT2D eigenvalue weighted by atomic mass is 16.3. The highest BCUT2D eigenvalue weighted by Gasteiger charge is 2.31. The van der Waals surface area contributed by atoms with Gasteiger partial charge in [0.25, 0.3) is 0 Å². The lowest BCUT2D eigenvalue weighted by Crippen LogP contribution is -2.46. The molecule has 2 unspecified atom stereocenters. The van der Waals surface area contributed by atoms with Crippen LogP contribution in [0.15, 0.2) is 0 Å². The first-order valence-electron chi connectivity index (χ1n) is 7.79. The van der Waals surface area contributed by atoms with Gasteiger partial charge < -0.3 is 16.2 Å². The molecule has 0 bridgehead atoms. The maximum Gasteiger partial charge on any atom is 0.221 e. The first-order valence-corrected chi connectivity index (χ1v) is 7.79. The number of aliphatic hydroxyl groups excluding tert-OH is 1. The van der Waals surface area contributed by atoms with Gasteiger partial charge in [-0.15, -0.1) is 0 Å². The van der Waals surface area contributed by atoms with E-state index in [0.717, 1.165) is 38.5 Å². The van der Waals surface area contributed by atoms with Crippen molar-refractivity contribution in [2.24, 2.45) is 17.6 Å². The third-order valence-electron chi connectivity index (χ3n) is 4.97. The first kappa shape index (κ1) is 14.8. The summed E-state index contributed by atoms with van der Waals surface area (Å²) >= 11 is 0. The summed E-state index contributed by atoms with van der Waals surface area (Å²) in [6.45, 7) is 0.960. The summed E-state index contributed by atoms with van der Waals surface area (Å²) in [6, 6.07) is 0. The lowest BCUT2D eigenvalue weighted by Gasteiger charge is -2.33. The van der Waals surface area contributed by atoms with Gasteiger partial charge in [-0.1, -0.05) is 25.7 Å². The van der Waals surface area contributed by atoms with E-state index < -0.39 is 0 Å². The molecule has 0 spiro atoms. The Balaban J connectivity index is 1.72. The van der Waals surface area contributed by atoms with Gasteiger partial charge in [-0.3, -0.25) is 4.79 Å². The second-order valence-electron chi connectivity index (χ2n) is 6.54. The molecule has 110 valence electrons. The molecule has 4 N–H and O–H groups in total. The van der Waals surface area contributed by atoms with E-state index in [1.54, 1.807) is 0 Å². The number of carbonyl (C=O) groups excluding carboxylic acids is 1. The lowest BCUT2D eigenvalue weighted by atomic mass is 9.80. The minimum atomic E-state index is -0.269. The molecular weight excluding hydrogens is 240 g/mol. The Bertz CT molecular complexity index is 301. The normalized spacial score (nSPS) is 30.2. The molecular formula is C15H28N2O2. The molecule has 2 saturated carbocycles. The summed E-state index contributed by atoms with van der Waals surface area (Å²) < 4.78 is 0. The van der Waals surface area contributed by atoms with E-state index in [1.165, 1.54) is 12.8 Å². The Kier molecular flexibility index (Phi) is 5.22. The number of aliphatic hydroxyl groups is 1. The van der Waals surface area contributed by atoms with Crippen molar-refractivity contribution in [2.45, 2.75) is 63.3 Å². The summed E-state index contributed by atoms with van der Waals surface area (Å²) in [5, 5.41) is 12.3. The fraction of sp³-hybridized carbons (Fsp3) is 0.933. The van der Waals surface area contributed by atoms with E-state index in [4.69, 9.17) is 5.73 Å². The summed E-state index contributed by atoms with van der Waals surface area (Å²) in [6.07, 6.45) is 9.36. The van der Waals surface area contributed by atoms with E-state index in [-0.39, 0.29) is 18.1 Å². The van der Waals surface area contributed by atoms with Crippen LogP contribution in [-0.4, -0.2) is 29.7 Å². The Morgan fingerprint density at radius 2 is 1.84 bits per heavy atom. The number of hydrogen-bond acceptors (Lipinski definition) is 3. The molecule has 0 aromatic rings. The van der Waals surface area contributed by atoms with Crippen molar-refractivity contribution >= 4 is 5.91 Å². The van der Waals surface area contributed by atoms with Gasteiger partial charge >= 0.3 is 0 Å². The number of nitrogens with two attached hydrogens (primary N) is 1. The summed E-state index contributed by atoms with van der Waals surface area (Å²) in [5.74, 6) is 0.920. The summed E-state index contributed by atoms with van der Waals surface area (Å²) in [4.78, 5) is 12.0. The Labute approximate surface area is 116 Å². The minimum Gasteiger partial charge on any atom is -0.396 e. The molecule has 4 nitrogen and oxygen atoms in total. The Hall–Kier alpha value is -0.610. The van der Waals surface area contributed by atoms with Crippen LogP contribution in [0.2, 0.25) is 0 Å². The van der Waals surface area contributed by atoms with Crippen LogP contribution in [0.25, 0.3) is 0 Å². The summed E-state index contributed by atoms with van der Waals surface area (Å²) in [7, 11) is 0. The van der Waals surface area contributed by atoms with E-state index in [9.17, 15) is 9.90 Å². The zero-order chi connectivity index (χ0) is 13.7. The number of hydrogen-bond donors (Lipinski definition) is 3. The average Bonchev–Trinajstić information content (AvgIpc) is 2.84. The van der Waals surface area contributed by atoms with Gasteiger partial charge in [0.05, 0.1) is 0 Å². The SMILES string of the molecule is NC1(CC(=O)NCC2CCCC2CO)CCCCC1. The largest absolute Gasteiger partial charge is 0.396 e. The number of rotatable bonds is 5. The van der Waals surface area contributed by atoms with Gasteiger partial charge in [-0.05, 0) is 37.5 Å². The van der Waals surface area contributed by atoms with E-state index >= 15 is 0 Å². The second-order valence-corrected chi connectivity index (χ2v) is 6.54. The maximum absolute atomic E-state index is 12.0. The highest BCUT2D eigenvalue weighted by Crippen LogP contribution is 2.31. The first-order chi connectivity index (χ1) is 9.13. The maximum atomic E-state index is 12.0. The molecule has 2 rings (SSSR count). The van der Waals surface area contributed by atoms with Crippen molar-refractivity contribution in [1.82, 2.24) is 5.32 Å². The van der Waals surface area contributed by atoms with Crippen LogP contribution in [0.3, 0.4) is 0 Å². The van der Waals surface area contributed by atoms with Crippen molar-refractivity contribution in [3.63, 3.8) is 0 Å². The molecule has 0 aromatic carbocycles. The quantitative estimate of drug-likeness (QED) is 0.708. The van der Waals surface area contributed by atoms with E-state index in [2.05, 4.69) is 5.32 Å². The molecule has 2 atom stereocenters. The van der Waals surface area contributed by atoms with Crippen molar-refractivity contribution in [3.8, 4) is 0 Å². The minimum absolute atomic E-state index is 0.0907. The van der Waals surface area contributed by atoms with Gasteiger partial charge in [-0.25, -0.2) is 0 Å². The molecule has 0 radical (unpaired) electrons. The van der Waals surface area contributed by atoms with Crippen molar-refractivity contribution in [3.05, 3.63) is 0 Å². The number of carbonyl (C=O) groups is 1. The number of nitrogens with one attached hydrogen (secondary N) is 1. The lowest BCUT2D eigenvalue weighted by molar-refractivity contribution is -0.122. The predicted octanol–water partition coefficient (Wildman–Crippen LogP) is 1.56. The third-order valence-corrected chi connectivity index (χ3v) is 4.97. The number of amides is 1. The zero-order valence-corrected chi connectivity index (χ0v) is 11.9. The molecule has 0 aliphatic heterocycles. The van der Waals surface area contributed by atoms with Crippen LogP contribution in [0.5, 0.6) is 0 Å². The standard InChI is InChI=1S/C15H28N2O2/c16-15(7-2-1-3-8-15)9-14(19)17-10-12-5-4-6-13(12)11-18/h12-13,18H,1-11,16H2,(H,17,19). The van der Waals surface area contributed by atoms with Crippen molar-refractivity contribution in [1.29, 1.82) is 0 Å². The molecule has 19 heavy (non-hydrogen) atoms. The summed E-state index contributed by atoms with van der Waals surface area (Å²) in [5.41, 5.74) is 6.03. The van der Waals surface area contributed by atoms with E-state index in [0.29, 0.717) is 24.8 Å². The smallest absolute Gasteiger partial charge is 0.221 e. The van der Waals surface area contributed by atoms with Crippen LogP contribution in [0.4, 0.5) is 0 Å². The molecule has 2 aliphatic carbocycles. The van der Waals surface area contributed by atoms with Crippen LogP contribution in [-0.2, 0) is 4.79 Å². The van der Waals surface area contributed by atoms with Gasteiger partial charge in [0, 0.05) is 25.1 Å². The average molecular weight is 268 g/mol. The monoisotopic (exact) mass is 268 g/mol. The molecule has 2 fully saturated rings. The Morgan fingerprint density at radius 3 is 2.53 bits per heavy atom.